The second-order valence-electron chi connectivity index (χ2n) is 7.89. The van der Waals surface area contributed by atoms with Crippen LogP contribution in [0.4, 0.5) is 20.6 Å². The lowest BCUT2D eigenvalue weighted by molar-refractivity contribution is -0.0270. The third-order valence-corrected chi connectivity index (χ3v) is 4.68. The number of nitrogens with zero attached hydrogens (tertiary/aromatic N) is 5. The molecule has 0 bridgehead atoms. The van der Waals surface area contributed by atoms with E-state index < -0.39 is 30.5 Å². The summed E-state index contributed by atoms with van der Waals surface area (Å²) in [7, 11) is 0. The van der Waals surface area contributed by atoms with Gasteiger partial charge in [0.05, 0.1) is 31.4 Å². The third-order valence-electron chi connectivity index (χ3n) is 4.68. The molecule has 10 nitrogen and oxygen atoms in total. The third kappa shape index (κ3) is 4.20. The molecule has 0 atom stereocenters. The van der Waals surface area contributed by atoms with Gasteiger partial charge in [-0.3, -0.25) is 4.79 Å². The largest absolute Gasteiger partial charge is 0.475 e. The van der Waals surface area contributed by atoms with E-state index in [4.69, 9.17) is 15.0 Å². The fraction of sp³-hybridized carbons (Fsp3) is 0.588. The number of hydrogen-bond donors (Lipinski definition) is 2. The normalized spacial score (nSPS) is 18.3. The van der Waals surface area contributed by atoms with Crippen molar-refractivity contribution in [2.45, 2.75) is 38.2 Å². The van der Waals surface area contributed by atoms with Gasteiger partial charge in [0, 0.05) is 0 Å². The molecule has 3 N–H and O–H groups in total. The highest BCUT2D eigenvalue weighted by Crippen LogP contribution is 2.36. The minimum atomic E-state index is -2.76. The first-order chi connectivity index (χ1) is 13.6. The zero-order chi connectivity index (χ0) is 20.8. The number of rotatable bonds is 7. The van der Waals surface area contributed by atoms with Crippen LogP contribution in [0, 0.1) is 5.92 Å². The van der Waals surface area contributed by atoms with Gasteiger partial charge in [-0.2, -0.15) is 4.98 Å². The smallest absolute Gasteiger partial charge is 0.318 e. The highest BCUT2D eigenvalue weighted by atomic mass is 19.3. The molecular formula is C17H21F2N7O3. The van der Waals surface area contributed by atoms with Gasteiger partial charge in [0.15, 0.2) is 17.3 Å². The molecule has 1 amide bonds. The highest BCUT2D eigenvalue weighted by molar-refractivity contribution is 5.92. The Morgan fingerprint density at radius 3 is 2.72 bits per heavy atom. The lowest BCUT2D eigenvalue weighted by atomic mass is 10.0. The summed E-state index contributed by atoms with van der Waals surface area (Å²) in [5.41, 5.74) is 4.42. The topological polar surface area (TPSA) is 132 Å². The number of nitrogens with two attached hydrogens (primary N) is 1. The first-order valence-corrected chi connectivity index (χ1v) is 9.18. The number of hydrogen-bond acceptors (Lipinski definition) is 9. The van der Waals surface area contributed by atoms with Crippen LogP contribution in [-0.4, -0.2) is 51.6 Å². The second-order valence-corrected chi connectivity index (χ2v) is 7.89. The summed E-state index contributed by atoms with van der Waals surface area (Å²) in [6.45, 7) is 2.83. The van der Waals surface area contributed by atoms with Crippen molar-refractivity contribution in [2.24, 2.45) is 5.92 Å². The average molecular weight is 409 g/mol. The molecule has 2 aliphatic rings. The standard InChI is InChI=1S/C17H21F2N7O3/c1-16(2,14-23-15(20)29-25-14)24-12(27)10-5-21-11(26-7-17(18,19)8-26)13(22-10)28-6-9-3-4-9/h5,9H,3-4,6-8H2,1-2H3,(H,24,27)(H2,20,23,25). The maximum absolute atomic E-state index is 13.3. The molecule has 156 valence electrons. The van der Waals surface area contributed by atoms with Crippen LogP contribution < -0.4 is 20.7 Å². The number of nitrogens with one attached hydrogen (secondary N) is 1. The van der Waals surface area contributed by atoms with E-state index in [1.165, 1.54) is 11.1 Å². The first kappa shape index (κ1) is 19.3. The van der Waals surface area contributed by atoms with Crippen LogP contribution in [0.3, 0.4) is 0 Å². The fourth-order valence-corrected chi connectivity index (χ4v) is 2.82. The number of alkyl halides is 2. The number of nitrogen functional groups attached to an aromatic ring is 1. The van der Waals surface area contributed by atoms with Gasteiger partial charge in [-0.25, -0.2) is 18.7 Å². The number of carbonyl (C=O) groups is 1. The molecule has 4 rings (SSSR count). The minimum Gasteiger partial charge on any atom is -0.475 e. The molecule has 2 aromatic rings. The Hall–Kier alpha value is -3.05. The Morgan fingerprint density at radius 1 is 1.41 bits per heavy atom. The number of aromatic nitrogens is 4. The van der Waals surface area contributed by atoms with Gasteiger partial charge in [0.1, 0.15) is 0 Å². The molecule has 0 spiro atoms. The number of ether oxygens (including phenoxy) is 1. The molecule has 0 unspecified atom stereocenters. The maximum Gasteiger partial charge on any atom is 0.318 e. The monoisotopic (exact) mass is 409 g/mol. The van der Waals surface area contributed by atoms with Crippen molar-refractivity contribution >= 4 is 17.7 Å². The number of amides is 1. The summed E-state index contributed by atoms with van der Waals surface area (Å²) in [4.78, 5) is 26.4. The summed E-state index contributed by atoms with van der Waals surface area (Å²) in [6.07, 6.45) is 3.32. The predicted octanol–water partition coefficient (Wildman–Crippen LogP) is 1.35. The van der Waals surface area contributed by atoms with E-state index in [0.717, 1.165) is 12.8 Å². The van der Waals surface area contributed by atoms with Gasteiger partial charge in [-0.1, -0.05) is 5.16 Å². The Balaban J connectivity index is 1.53. The van der Waals surface area contributed by atoms with Gasteiger partial charge >= 0.3 is 6.01 Å². The van der Waals surface area contributed by atoms with Crippen molar-refractivity contribution in [1.29, 1.82) is 0 Å². The van der Waals surface area contributed by atoms with Crippen molar-refractivity contribution in [1.82, 2.24) is 25.4 Å². The summed E-state index contributed by atoms with van der Waals surface area (Å²) in [6, 6.07) is -0.117. The van der Waals surface area contributed by atoms with Gasteiger partial charge < -0.3 is 25.2 Å². The van der Waals surface area contributed by atoms with Crippen molar-refractivity contribution in [3.05, 3.63) is 17.7 Å². The van der Waals surface area contributed by atoms with E-state index in [0.29, 0.717) is 12.5 Å². The Kier molecular flexibility index (Phi) is 4.50. The molecule has 1 saturated heterocycles. The van der Waals surface area contributed by atoms with Crippen LogP contribution in [-0.2, 0) is 5.54 Å². The van der Waals surface area contributed by atoms with Crippen molar-refractivity contribution < 1.29 is 22.8 Å². The molecule has 1 aliphatic carbocycles. The van der Waals surface area contributed by atoms with E-state index in [1.807, 2.05) is 0 Å². The molecule has 1 aliphatic heterocycles. The van der Waals surface area contributed by atoms with Crippen LogP contribution in [0.2, 0.25) is 0 Å². The number of anilines is 2. The predicted molar refractivity (Wildman–Crippen MR) is 96.6 cm³/mol. The van der Waals surface area contributed by atoms with E-state index in [2.05, 4.69) is 25.4 Å². The molecule has 12 heteroatoms. The van der Waals surface area contributed by atoms with Gasteiger partial charge in [0.25, 0.3) is 17.7 Å². The van der Waals surface area contributed by atoms with Gasteiger partial charge in [0.2, 0.25) is 0 Å². The minimum absolute atomic E-state index is 0.0172. The summed E-state index contributed by atoms with van der Waals surface area (Å²) in [5.74, 6) is -2.42. The summed E-state index contributed by atoms with van der Waals surface area (Å²) < 4.78 is 37.0. The zero-order valence-corrected chi connectivity index (χ0v) is 16.0. The van der Waals surface area contributed by atoms with Crippen LogP contribution >= 0.6 is 0 Å². The zero-order valence-electron chi connectivity index (χ0n) is 16.0. The Bertz CT molecular complexity index is 922. The van der Waals surface area contributed by atoms with E-state index in [-0.39, 0.29) is 29.2 Å². The molecule has 3 heterocycles. The quantitative estimate of drug-likeness (QED) is 0.695. The Labute approximate surface area is 164 Å². The lowest BCUT2D eigenvalue weighted by Gasteiger charge is -2.39. The SMILES string of the molecule is CC(C)(NC(=O)c1cnc(N2CC(F)(F)C2)c(OCC2CC2)n1)c1noc(N)n1. The van der Waals surface area contributed by atoms with Crippen LogP contribution in [0.1, 0.15) is 43.0 Å². The fourth-order valence-electron chi connectivity index (χ4n) is 2.82. The Morgan fingerprint density at radius 2 is 2.14 bits per heavy atom. The second kappa shape index (κ2) is 6.78. The van der Waals surface area contributed by atoms with Crippen LogP contribution in [0.25, 0.3) is 0 Å². The molecule has 2 fully saturated rings. The highest BCUT2D eigenvalue weighted by Gasteiger charge is 2.46. The number of halogens is 2. The molecular weight excluding hydrogens is 388 g/mol. The average Bonchev–Trinajstić information content (AvgIpc) is 3.35. The van der Waals surface area contributed by atoms with Crippen LogP contribution in [0.15, 0.2) is 10.7 Å². The van der Waals surface area contributed by atoms with Crippen molar-refractivity contribution in [2.75, 3.05) is 30.3 Å². The molecule has 1 saturated carbocycles. The molecule has 29 heavy (non-hydrogen) atoms. The summed E-state index contributed by atoms with van der Waals surface area (Å²) in [5, 5.41) is 6.44. The maximum atomic E-state index is 13.3. The van der Waals surface area contributed by atoms with Crippen molar-refractivity contribution in [3.8, 4) is 5.88 Å². The molecule has 2 aromatic heterocycles. The van der Waals surface area contributed by atoms with Crippen molar-refractivity contribution in [3.63, 3.8) is 0 Å². The van der Waals surface area contributed by atoms with Gasteiger partial charge in [-0.15, -0.1) is 0 Å². The van der Waals surface area contributed by atoms with E-state index in [1.54, 1.807) is 13.8 Å². The van der Waals surface area contributed by atoms with Gasteiger partial charge in [-0.05, 0) is 32.6 Å². The summed E-state index contributed by atoms with van der Waals surface area (Å²) >= 11 is 0. The van der Waals surface area contributed by atoms with E-state index >= 15 is 0 Å². The molecule has 0 radical (unpaired) electrons. The molecule has 0 aromatic carbocycles. The first-order valence-electron chi connectivity index (χ1n) is 9.18. The number of carbonyl (C=O) groups excluding carboxylic acids is 1. The van der Waals surface area contributed by atoms with E-state index in [9.17, 15) is 13.6 Å². The van der Waals surface area contributed by atoms with Crippen LogP contribution in [0.5, 0.6) is 5.88 Å². The lowest BCUT2D eigenvalue weighted by Crippen LogP contribution is -2.56.